The topological polar surface area (TPSA) is 66.4 Å². The number of hydrogen-bond donors (Lipinski definition) is 2. The minimum Gasteiger partial charge on any atom is -0.389 e. The van der Waals surface area contributed by atoms with Crippen molar-refractivity contribution in [3.8, 4) is 0 Å². The molecule has 17 heavy (non-hydrogen) atoms. The largest absolute Gasteiger partial charge is 0.389 e. The quantitative estimate of drug-likeness (QED) is 0.879. The van der Waals surface area contributed by atoms with Gasteiger partial charge in [-0.1, -0.05) is 25.3 Å². The van der Waals surface area contributed by atoms with E-state index < -0.39 is 15.6 Å². The molecule has 1 saturated carbocycles. The van der Waals surface area contributed by atoms with Crippen molar-refractivity contribution in [3.63, 3.8) is 0 Å². The first-order chi connectivity index (χ1) is 8.02. The zero-order chi connectivity index (χ0) is 12.4. The van der Waals surface area contributed by atoms with Crippen molar-refractivity contribution in [3.05, 3.63) is 17.5 Å². The highest BCUT2D eigenvalue weighted by Crippen LogP contribution is 2.28. The molecule has 2 N–H and O–H groups in total. The lowest BCUT2D eigenvalue weighted by molar-refractivity contribution is 0.00946. The van der Waals surface area contributed by atoms with Gasteiger partial charge < -0.3 is 5.11 Å². The minimum atomic E-state index is -3.45. The molecule has 0 saturated heterocycles. The third-order valence-corrected chi connectivity index (χ3v) is 5.93. The van der Waals surface area contributed by atoms with Gasteiger partial charge in [0.1, 0.15) is 4.21 Å². The van der Waals surface area contributed by atoms with E-state index in [1.807, 2.05) is 0 Å². The third-order valence-electron chi connectivity index (χ3n) is 3.14. The van der Waals surface area contributed by atoms with Crippen molar-refractivity contribution < 1.29 is 13.5 Å². The van der Waals surface area contributed by atoms with Crippen molar-refractivity contribution in [2.75, 3.05) is 6.54 Å². The Morgan fingerprint density at radius 1 is 1.35 bits per heavy atom. The molecule has 0 aliphatic heterocycles. The van der Waals surface area contributed by atoms with Crippen LogP contribution in [0.25, 0.3) is 0 Å². The fourth-order valence-corrected chi connectivity index (χ4v) is 4.26. The molecule has 1 fully saturated rings. The number of thiophene rings is 1. The monoisotopic (exact) mass is 275 g/mol. The van der Waals surface area contributed by atoms with E-state index in [0.717, 1.165) is 19.3 Å². The van der Waals surface area contributed by atoms with E-state index in [4.69, 9.17) is 0 Å². The summed E-state index contributed by atoms with van der Waals surface area (Å²) >= 11 is 1.18. The van der Waals surface area contributed by atoms with Gasteiger partial charge in [0.25, 0.3) is 0 Å². The number of hydrogen-bond acceptors (Lipinski definition) is 4. The Hall–Kier alpha value is -0.430. The summed E-state index contributed by atoms with van der Waals surface area (Å²) in [7, 11) is -3.45. The van der Waals surface area contributed by atoms with Gasteiger partial charge in [0.2, 0.25) is 10.0 Å². The highest BCUT2D eigenvalue weighted by molar-refractivity contribution is 7.91. The lowest BCUT2D eigenvalue weighted by Gasteiger charge is -2.31. The molecule has 0 atom stereocenters. The molecule has 1 aliphatic carbocycles. The number of rotatable bonds is 4. The summed E-state index contributed by atoms with van der Waals surface area (Å²) < 4.78 is 26.5. The molecule has 96 valence electrons. The average molecular weight is 275 g/mol. The molecular weight excluding hydrogens is 258 g/mol. The van der Waals surface area contributed by atoms with Crippen LogP contribution >= 0.6 is 11.3 Å². The summed E-state index contributed by atoms with van der Waals surface area (Å²) in [6.07, 6.45) is 4.42. The van der Waals surface area contributed by atoms with Crippen LogP contribution < -0.4 is 4.72 Å². The molecule has 0 aromatic carbocycles. The SMILES string of the molecule is O=S(=O)(NCC1(O)CCCCC1)c1cccs1. The normalized spacial score (nSPS) is 20.3. The molecule has 1 aromatic rings. The molecular formula is C11H17NO3S2. The second kappa shape index (κ2) is 5.06. The smallest absolute Gasteiger partial charge is 0.250 e. The second-order valence-electron chi connectivity index (χ2n) is 4.54. The van der Waals surface area contributed by atoms with E-state index in [9.17, 15) is 13.5 Å². The lowest BCUT2D eigenvalue weighted by atomic mass is 9.85. The first-order valence-corrected chi connectivity index (χ1v) is 8.14. The number of nitrogens with one attached hydrogen (secondary N) is 1. The highest BCUT2D eigenvalue weighted by Gasteiger charge is 2.30. The van der Waals surface area contributed by atoms with Gasteiger partial charge in [0, 0.05) is 6.54 Å². The van der Waals surface area contributed by atoms with Gasteiger partial charge in [-0.3, -0.25) is 0 Å². The van der Waals surface area contributed by atoms with Gasteiger partial charge >= 0.3 is 0 Å². The Morgan fingerprint density at radius 2 is 2.06 bits per heavy atom. The van der Waals surface area contributed by atoms with Crippen LogP contribution in [0.5, 0.6) is 0 Å². The summed E-state index contributed by atoms with van der Waals surface area (Å²) in [5.41, 5.74) is -0.859. The standard InChI is InChI=1S/C11H17NO3S2/c13-11(6-2-1-3-7-11)9-12-17(14,15)10-5-4-8-16-10/h4-5,8,12-13H,1-3,6-7,9H2. The Labute approximate surface area is 106 Å². The van der Waals surface area contributed by atoms with Crippen molar-refractivity contribution in [1.82, 2.24) is 4.72 Å². The molecule has 0 spiro atoms. The predicted octanol–water partition coefficient (Wildman–Crippen LogP) is 1.72. The first-order valence-electron chi connectivity index (χ1n) is 5.77. The predicted molar refractivity (Wildman–Crippen MR) is 67.5 cm³/mol. The molecule has 4 nitrogen and oxygen atoms in total. The van der Waals surface area contributed by atoms with E-state index in [1.54, 1.807) is 17.5 Å². The number of aliphatic hydroxyl groups is 1. The van der Waals surface area contributed by atoms with Gasteiger partial charge in [-0.05, 0) is 24.3 Å². The van der Waals surface area contributed by atoms with E-state index in [0.29, 0.717) is 17.1 Å². The van der Waals surface area contributed by atoms with Crippen LogP contribution in [0.2, 0.25) is 0 Å². The molecule has 0 radical (unpaired) electrons. The Bertz CT molecular complexity index is 447. The Morgan fingerprint density at radius 3 is 2.65 bits per heavy atom. The Balaban J connectivity index is 1.98. The zero-order valence-electron chi connectivity index (χ0n) is 9.55. The number of sulfonamides is 1. The van der Waals surface area contributed by atoms with Crippen molar-refractivity contribution >= 4 is 21.4 Å². The van der Waals surface area contributed by atoms with E-state index in [-0.39, 0.29) is 6.54 Å². The molecule has 2 rings (SSSR count). The van der Waals surface area contributed by atoms with Crippen LogP contribution in [0.15, 0.2) is 21.7 Å². The summed E-state index contributed by atoms with van der Waals surface area (Å²) in [4.78, 5) is 0. The van der Waals surface area contributed by atoms with Crippen LogP contribution in [-0.4, -0.2) is 25.7 Å². The average Bonchev–Trinajstić information content (AvgIpc) is 2.82. The molecule has 0 unspecified atom stereocenters. The molecule has 0 amide bonds. The van der Waals surface area contributed by atoms with Crippen molar-refractivity contribution in [1.29, 1.82) is 0 Å². The first kappa shape index (κ1) is 13.0. The van der Waals surface area contributed by atoms with Gasteiger partial charge in [-0.2, -0.15) is 0 Å². The summed E-state index contributed by atoms with van der Waals surface area (Å²) in [5.74, 6) is 0. The molecule has 1 aliphatic rings. The summed E-state index contributed by atoms with van der Waals surface area (Å²) in [6.45, 7) is 0.118. The minimum absolute atomic E-state index is 0.118. The molecule has 0 bridgehead atoms. The zero-order valence-corrected chi connectivity index (χ0v) is 11.2. The van der Waals surface area contributed by atoms with Gasteiger partial charge in [-0.25, -0.2) is 13.1 Å². The fourth-order valence-electron chi connectivity index (χ4n) is 2.10. The van der Waals surface area contributed by atoms with Crippen molar-refractivity contribution in [2.45, 2.75) is 41.9 Å². The summed E-state index contributed by atoms with van der Waals surface area (Å²) in [6, 6.07) is 3.27. The molecule has 1 aromatic heterocycles. The maximum absolute atomic E-state index is 11.9. The van der Waals surface area contributed by atoms with E-state index >= 15 is 0 Å². The van der Waals surface area contributed by atoms with Crippen LogP contribution in [-0.2, 0) is 10.0 Å². The van der Waals surface area contributed by atoms with Gasteiger partial charge in [0.15, 0.2) is 0 Å². The fraction of sp³-hybridized carbons (Fsp3) is 0.636. The van der Waals surface area contributed by atoms with Gasteiger partial charge in [-0.15, -0.1) is 11.3 Å². The van der Waals surface area contributed by atoms with Gasteiger partial charge in [0.05, 0.1) is 5.60 Å². The highest BCUT2D eigenvalue weighted by atomic mass is 32.2. The maximum Gasteiger partial charge on any atom is 0.250 e. The maximum atomic E-state index is 11.9. The van der Waals surface area contributed by atoms with Crippen LogP contribution in [0.4, 0.5) is 0 Å². The summed E-state index contributed by atoms with van der Waals surface area (Å²) in [5, 5.41) is 11.9. The van der Waals surface area contributed by atoms with Crippen LogP contribution in [0.3, 0.4) is 0 Å². The second-order valence-corrected chi connectivity index (χ2v) is 7.48. The third kappa shape index (κ3) is 3.28. The Kier molecular flexibility index (Phi) is 3.87. The molecule has 6 heteroatoms. The van der Waals surface area contributed by atoms with Crippen LogP contribution in [0, 0.1) is 0 Å². The van der Waals surface area contributed by atoms with E-state index in [1.165, 1.54) is 11.3 Å². The van der Waals surface area contributed by atoms with Crippen LogP contribution in [0.1, 0.15) is 32.1 Å². The van der Waals surface area contributed by atoms with E-state index in [2.05, 4.69) is 4.72 Å². The lowest BCUT2D eigenvalue weighted by Crippen LogP contribution is -2.44. The van der Waals surface area contributed by atoms with Crippen molar-refractivity contribution in [2.24, 2.45) is 0 Å². The molecule has 1 heterocycles.